The topological polar surface area (TPSA) is 72.9 Å². The summed E-state index contributed by atoms with van der Waals surface area (Å²) in [5, 5.41) is 14.2. The van der Waals surface area contributed by atoms with Gasteiger partial charge in [-0.15, -0.1) is 0 Å². The van der Waals surface area contributed by atoms with Gasteiger partial charge < -0.3 is 19.0 Å². The van der Waals surface area contributed by atoms with E-state index < -0.39 is 6.10 Å². The molecule has 2 aromatic rings. The number of ether oxygens (including phenoxy) is 2. The van der Waals surface area contributed by atoms with Crippen molar-refractivity contribution in [3.63, 3.8) is 0 Å². The van der Waals surface area contributed by atoms with Crippen LogP contribution in [-0.4, -0.2) is 52.2 Å². The van der Waals surface area contributed by atoms with Gasteiger partial charge in [-0.25, -0.2) is 0 Å². The van der Waals surface area contributed by atoms with Crippen molar-refractivity contribution in [3.05, 3.63) is 36.0 Å². The minimum absolute atomic E-state index is 0.252. The second-order valence-corrected chi connectivity index (χ2v) is 5.57. The summed E-state index contributed by atoms with van der Waals surface area (Å²) in [5.41, 5.74) is 0. The molecule has 1 fully saturated rings. The number of hydrogen-bond acceptors (Lipinski definition) is 6. The molecule has 1 aliphatic rings. The molecule has 2 aromatic heterocycles. The predicted molar refractivity (Wildman–Crippen MR) is 78.3 cm³/mol. The van der Waals surface area contributed by atoms with E-state index in [1.807, 2.05) is 19.2 Å². The highest BCUT2D eigenvalue weighted by Crippen LogP contribution is 2.20. The van der Waals surface area contributed by atoms with Gasteiger partial charge in [0.15, 0.2) is 5.75 Å². The summed E-state index contributed by atoms with van der Waals surface area (Å²) in [6.45, 7) is 2.32. The number of hydrogen-bond donors (Lipinski definition) is 1. The molecule has 1 N–H and O–H groups in total. The van der Waals surface area contributed by atoms with E-state index in [-0.39, 0.29) is 6.10 Å². The summed E-state index contributed by atoms with van der Waals surface area (Å²) < 4.78 is 18.2. The zero-order valence-corrected chi connectivity index (χ0v) is 12.8. The fourth-order valence-electron chi connectivity index (χ4n) is 2.66. The van der Waals surface area contributed by atoms with Crippen molar-refractivity contribution >= 4 is 0 Å². The maximum absolute atomic E-state index is 10.2. The molecule has 0 bridgehead atoms. The zero-order chi connectivity index (χ0) is 15.5. The minimum atomic E-state index is -0.520. The summed E-state index contributed by atoms with van der Waals surface area (Å²) in [4.78, 5) is 2.11. The lowest BCUT2D eigenvalue weighted by molar-refractivity contribution is 0.0736. The quantitative estimate of drug-likeness (QED) is 0.850. The molecule has 1 aliphatic heterocycles. The molecule has 7 heteroatoms. The molecular formula is C15H21N3O4. The van der Waals surface area contributed by atoms with E-state index in [4.69, 9.17) is 13.9 Å². The lowest BCUT2D eigenvalue weighted by atomic mass is 10.3. The standard InChI is InChI=1S/C15H21N3O4/c1-17-6-13(5-16-17)22-15-9-18(8-14(15)19)7-11-3-4-12(21-11)10-20-2/h3-6,14-15,19H,7-10H2,1-2H3/t14-,15-/m1/s1. The Kier molecular flexibility index (Phi) is 4.47. The summed E-state index contributed by atoms with van der Waals surface area (Å²) in [6.07, 6.45) is 2.67. The van der Waals surface area contributed by atoms with E-state index in [9.17, 15) is 5.11 Å². The van der Waals surface area contributed by atoms with Crippen molar-refractivity contribution in [2.75, 3.05) is 20.2 Å². The number of likely N-dealkylation sites (tertiary alicyclic amines) is 1. The van der Waals surface area contributed by atoms with Gasteiger partial charge in [0.2, 0.25) is 0 Å². The van der Waals surface area contributed by atoms with Crippen molar-refractivity contribution in [1.29, 1.82) is 0 Å². The minimum Gasteiger partial charge on any atom is -0.483 e. The van der Waals surface area contributed by atoms with E-state index in [1.165, 1.54) is 0 Å². The first kappa shape index (κ1) is 15.1. The Morgan fingerprint density at radius 3 is 2.91 bits per heavy atom. The molecule has 0 saturated carbocycles. The summed E-state index contributed by atoms with van der Waals surface area (Å²) >= 11 is 0. The summed E-state index contributed by atoms with van der Waals surface area (Å²) in [6, 6.07) is 3.85. The Morgan fingerprint density at radius 1 is 1.36 bits per heavy atom. The first-order valence-corrected chi connectivity index (χ1v) is 7.26. The van der Waals surface area contributed by atoms with E-state index in [0.29, 0.717) is 32.0 Å². The molecule has 0 amide bonds. The Labute approximate surface area is 129 Å². The molecular weight excluding hydrogens is 286 g/mol. The molecule has 0 aromatic carbocycles. The van der Waals surface area contributed by atoms with Gasteiger partial charge in [-0.05, 0) is 12.1 Å². The van der Waals surface area contributed by atoms with Crippen LogP contribution in [0.5, 0.6) is 5.75 Å². The molecule has 22 heavy (non-hydrogen) atoms. The number of furan rings is 1. The van der Waals surface area contributed by atoms with Gasteiger partial charge in [-0.2, -0.15) is 5.10 Å². The second kappa shape index (κ2) is 6.51. The van der Waals surface area contributed by atoms with Crippen LogP contribution in [0.25, 0.3) is 0 Å². The predicted octanol–water partition coefficient (Wildman–Crippen LogP) is 0.784. The van der Waals surface area contributed by atoms with Gasteiger partial charge >= 0.3 is 0 Å². The molecule has 120 valence electrons. The number of methoxy groups -OCH3 is 1. The third kappa shape index (κ3) is 3.49. The number of aromatic nitrogens is 2. The fourth-order valence-corrected chi connectivity index (χ4v) is 2.66. The number of nitrogens with zero attached hydrogens (tertiary/aromatic N) is 3. The monoisotopic (exact) mass is 307 g/mol. The number of aliphatic hydroxyl groups excluding tert-OH is 1. The maximum Gasteiger partial charge on any atom is 0.157 e. The van der Waals surface area contributed by atoms with Crippen LogP contribution >= 0.6 is 0 Å². The summed E-state index contributed by atoms with van der Waals surface area (Å²) in [7, 11) is 3.47. The Bertz CT molecular complexity index is 609. The van der Waals surface area contributed by atoms with E-state index >= 15 is 0 Å². The second-order valence-electron chi connectivity index (χ2n) is 5.57. The molecule has 0 aliphatic carbocycles. The largest absolute Gasteiger partial charge is 0.483 e. The number of aliphatic hydroxyl groups is 1. The number of β-amino-alcohol motifs (C(OH)–C–C–N with tert-alkyl or cyclic N) is 1. The average molecular weight is 307 g/mol. The van der Waals surface area contributed by atoms with Crippen LogP contribution in [0.15, 0.2) is 28.9 Å². The Balaban J connectivity index is 1.55. The van der Waals surface area contributed by atoms with Gasteiger partial charge in [-0.1, -0.05) is 0 Å². The molecule has 0 spiro atoms. The van der Waals surface area contributed by atoms with Gasteiger partial charge in [0.1, 0.15) is 30.3 Å². The Morgan fingerprint density at radius 2 is 2.18 bits per heavy atom. The van der Waals surface area contributed by atoms with Crippen molar-refractivity contribution in [1.82, 2.24) is 14.7 Å². The van der Waals surface area contributed by atoms with Crippen LogP contribution in [-0.2, 0) is 24.9 Å². The first-order chi connectivity index (χ1) is 10.6. The van der Waals surface area contributed by atoms with Gasteiger partial charge in [-0.3, -0.25) is 9.58 Å². The normalized spacial score (nSPS) is 22.3. The van der Waals surface area contributed by atoms with Crippen molar-refractivity contribution in [2.24, 2.45) is 7.05 Å². The van der Waals surface area contributed by atoms with Crippen LogP contribution in [0.4, 0.5) is 0 Å². The number of aryl methyl sites for hydroxylation is 1. The van der Waals surface area contributed by atoms with Crippen LogP contribution < -0.4 is 4.74 Å². The molecule has 0 radical (unpaired) electrons. The zero-order valence-electron chi connectivity index (χ0n) is 12.8. The van der Waals surface area contributed by atoms with Crippen molar-refractivity contribution in [2.45, 2.75) is 25.4 Å². The van der Waals surface area contributed by atoms with Crippen LogP contribution in [0.1, 0.15) is 11.5 Å². The smallest absolute Gasteiger partial charge is 0.157 e. The highest BCUT2D eigenvalue weighted by Gasteiger charge is 2.33. The molecule has 3 rings (SSSR count). The SMILES string of the molecule is COCc1ccc(CN2C[C@@H](O)[C@H](Oc3cnn(C)c3)C2)o1. The van der Waals surface area contributed by atoms with Gasteiger partial charge in [0.25, 0.3) is 0 Å². The molecule has 7 nitrogen and oxygen atoms in total. The highest BCUT2D eigenvalue weighted by atomic mass is 16.5. The first-order valence-electron chi connectivity index (χ1n) is 7.26. The third-order valence-corrected chi connectivity index (χ3v) is 3.66. The van der Waals surface area contributed by atoms with Crippen LogP contribution in [0.2, 0.25) is 0 Å². The Hall–Kier alpha value is -1.83. The van der Waals surface area contributed by atoms with Crippen LogP contribution in [0, 0.1) is 0 Å². The van der Waals surface area contributed by atoms with Crippen molar-refractivity contribution in [3.8, 4) is 5.75 Å². The van der Waals surface area contributed by atoms with E-state index in [0.717, 1.165) is 11.5 Å². The maximum atomic E-state index is 10.2. The lowest BCUT2D eigenvalue weighted by Gasteiger charge is -2.15. The highest BCUT2D eigenvalue weighted by molar-refractivity contribution is 5.13. The molecule has 2 atom stereocenters. The third-order valence-electron chi connectivity index (χ3n) is 3.66. The van der Waals surface area contributed by atoms with Crippen LogP contribution in [0.3, 0.4) is 0 Å². The van der Waals surface area contributed by atoms with Gasteiger partial charge in [0.05, 0.1) is 18.9 Å². The molecule has 3 heterocycles. The van der Waals surface area contributed by atoms with E-state index in [1.54, 1.807) is 24.2 Å². The number of rotatable bonds is 6. The lowest BCUT2D eigenvalue weighted by Crippen LogP contribution is -2.29. The molecule has 1 saturated heterocycles. The average Bonchev–Trinajstić information content (AvgIpc) is 3.15. The van der Waals surface area contributed by atoms with Crippen molar-refractivity contribution < 1.29 is 19.0 Å². The van der Waals surface area contributed by atoms with Gasteiger partial charge in [0, 0.05) is 27.2 Å². The molecule has 0 unspecified atom stereocenters. The fraction of sp³-hybridized carbons (Fsp3) is 0.533. The van der Waals surface area contributed by atoms with E-state index in [2.05, 4.69) is 10.00 Å². The summed E-state index contributed by atoms with van der Waals surface area (Å²) in [5.74, 6) is 2.34.